The zero-order chi connectivity index (χ0) is 19.6. The molecule has 1 unspecified atom stereocenters. The van der Waals surface area contributed by atoms with Crippen LogP contribution in [-0.4, -0.2) is 38.8 Å². The number of pyridine rings is 1. The number of nitrogens with zero attached hydrogens (tertiary/aromatic N) is 4. The lowest BCUT2D eigenvalue weighted by Gasteiger charge is -2.17. The minimum absolute atomic E-state index is 0.158. The monoisotopic (exact) mass is 385 g/mol. The maximum atomic E-state index is 12.4. The van der Waals surface area contributed by atoms with Gasteiger partial charge in [-0.3, -0.25) is 9.78 Å². The Bertz CT molecular complexity index is 1000. The molecule has 1 saturated heterocycles. The van der Waals surface area contributed by atoms with Crippen LogP contribution in [0.4, 0.5) is 11.5 Å². The highest BCUT2D eigenvalue weighted by atomic mass is 16.2. The van der Waals surface area contributed by atoms with Crippen molar-refractivity contribution in [3.05, 3.63) is 66.7 Å². The van der Waals surface area contributed by atoms with Crippen LogP contribution >= 0.6 is 0 Å². The molecule has 3 aromatic rings. The third kappa shape index (κ3) is 3.97. The number of benzene rings is 1. The van der Waals surface area contributed by atoms with Crippen molar-refractivity contribution in [2.24, 2.45) is 5.92 Å². The average Bonchev–Trinajstić information content (AvgIpc) is 3.50. The molecule has 3 heterocycles. The molecule has 1 aromatic carbocycles. The van der Waals surface area contributed by atoms with Crippen LogP contribution in [0, 0.1) is 5.92 Å². The van der Waals surface area contributed by atoms with Crippen molar-refractivity contribution in [1.29, 1.82) is 0 Å². The SMILES string of the molecule is O=C(C1CC1)N1CCC(c2nc(Nc3ccccc3)cc(-c3cccnc3)n2)C1. The molecule has 6 heteroatoms. The molecule has 146 valence electrons. The summed E-state index contributed by atoms with van der Waals surface area (Å²) in [5, 5.41) is 3.39. The van der Waals surface area contributed by atoms with Gasteiger partial charge < -0.3 is 10.2 Å². The first-order chi connectivity index (χ1) is 14.3. The van der Waals surface area contributed by atoms with E-state index < -0.39 is 0 Å². The number of carbonyl (C=O) groups excluding carboxylic acids is 1. The van der Waals surface area contributed by atoms with Gasteiger partial charge in [0, 0.05) is 54.6 Å². The molecule has 0 radical (unpaired) electrons. The second kappa shape index (κ2) is 7.62. The summed E-state index contributed by atoms with van der Waals surface area (Å²) in [7, 11) is 0. The molecule has 1 N–H and O–H groups in total. The number of hydrogen-bond acceptors (Lipinski definition) is 5. The Balaban J connectivity index is 1.45. The predicted octanol–water partition coefficient (Wildman–Crippen LogP) is 4.01. The molecule has 1 saturated carbocycles. The van der Waals surface area contributed by atoms with Crippen LogP contribution in [0.15, 0.2) is 60.9 Å². The van der Waals surface area contributed by atoms with Gasteiger partial charge in [-0.25, -0.2) is 9.97 Å². The van der Waals surface area contributed by atoms with E-state index in [1.165, 1.54) is 0 Å². The largest absolute Gasteiger partial charge is 0.342 e. The first kappa shape index (κ1) is 17.8. The minimum Gasteiger partial charge on any atom is -0.342 e. The van der Waals surface area contributed by atoms with Gasteiger partial charge in [-0.2, -0.15) is 0 Å². The summed E-state index contributed by atoms with van der Waals surface area (Å²) in [5.41, 5.74) is 2.77. The average molecular weight is 385 g/mol. The van der Waals surface area contributed by atoms with Crippen molar-refractivity contribution in [3.63, 3.8) is 0 Å². The third-order valence-corrected chi connectivity index (χ3v) is 5.54. The van der Waals surface area contributed by atoms with E-state index in [9.17, 15) is 4.79 Å². The zero-order valence-electron chi connectivity index (χ0n) is 16.2. The molecule has 29 heavy (non-hydrogen) atoms. The van der Waals surface area contributed by atoms with E-state index in [1.54, 1.807) is 6.20 Å². The Kier molecular flexibility index (Phi) is 4.68. The smallest absolute Gasteiger partial charge is 0.225 e. The zero-order valence-corrected chi connectivity index (χ0v) is 16.2. The maximum absolute atomic E-state index is 12.4. The van der Waals surface area contributed by atoms with Gasteiger partial charge in [0.25, 0.3) is 0 Å². The third-order valence-electron chi connectivity index (χ3n) is 5.54. The summed E-state index contributed by atoms with van der Waals surface area (Å²) in [4.78, 5) is 28.3. The number of rotatable bonds is 5. The van der Waals surface area contributed by atoms with Crippen molar-refractivity contribution >= 4 is 17.4 Å². The van der Waals surface area contributed by atoms with E-state index in [0.717, 1.165) is 54.4 Å². The number of hydrogen-bond donors (Lipinski definition) is 1. The van der Waals surface area contributed by atoms with Crippen LogP contribution in [0.25, 0.3) is 11.3 Å². The molecule has 1 aliphatic heterocycles. The Labute approximate surface area is 170 Å². The Morgan fingerprint density at radius 1 is 1.03 bits per heavy atom. The quantitative estimate of drug-likeness (QED) is 0.719. The molecule has 2 aliphatic rings. The second-order valence-electron chi connectivity index (χ2n) is 7.77. The van der Waals surface area contributed by atoms with Crippen molar-refractivity contribution in [1.82, 2.24) is 19.9 Å². The summed E-state index contributed by atoms with van der Waals surface area (Å²) < 4.78 is 0. The fraction of sp³-hybridized carbons (Fsp3) is 0.304. The second-order valence-corrected chi connectivity index (χ2v) is 7.77. The highest BCUT2D eigenvalue weighted by molar-refractivity contribution is 5.81. The Hall–Kier alpha value is -3.28. The molecule has 0 bridgehead atoms. The van der Waals surface area contributed by atoms with Gasteiger partial charge in [-0.1, -0.05) is 18.2 Å². The van der Waals surface area contributed by atoms with Crippen LogP contribution in [0.5, 0.6) is 0 Å². The molecule has 0 spiro atoms. The highest BCUT2D eigenvalue weighted by Gasteiger charge is 2.37. The van der Waals surface area contributed by atoms with Crippen LogP contribution < -0.4 is 5.32 Å². The van der Waals surface area contributed by atoms with Crippen molar-refractivity contribution in [2.45, 2.75) is 25.2 Å². The van der Waals surface area contributed by atoms with Crippen molar-refractivity contribution < 1.29 is 4.79 Å². The summed E-state index contributed by atoms with van der Waals surface area (Å²) in [5.74, 6) is 2.26. The normalized spacial score (nSPS) is 18.6. The highest BCUT2D eigenvalue weighted by Crippen LogP contribution is 2.35. The number of anilines is 2. The molecular weight excluding hydrogens is 362 g/mol. The Morgan fingerprint density at radius 3 is 2.66 bits per heavy atom. The topological polar surface area (TPSA) is 71.0 Å². The van der Waals surface area contributed by atoms with Crippen LogP contribution in [0.1, 0.15) is 31.0 Å². The summed E-state index contributed by atoms with van der Waals surface area (Å²) in [6.07, 6.45) is 6.55. The van der Waals surface area contributed by atoms with E-state index >= 15 is 0 Å². The van der Waals surface area contributed by atoms with Gasteiger partial charge in [0.05, 0.1) is 5.69 Å². The molecule has 2 fully saturated rings. The van der Waals surface area contributed by atoms with Crippen molar-refractivity contribution in [2.75, 3.05) is 18.4 Å². The standard InChI is InChI=1S/C23H23N5O/c29-23(16-8-9-16)28-12-10-18(15-28)22-26-20(17-5-4-11-24-14-17)13-21(27-22)25-19-6-2-1-3-7-19/h1-7,11,13-14,16,18H,8-10,12,15H2,(H,25,26,27). The van der Waals surface area contributed by atoms with Gasteiger partial charge in [-0.15, -0.1) is 0 Å². The molecule has 1 aliphatic carbocycles. The number of carbonyl (C=O) groups is 1. The van der Waals surface area contributed by atoms with E-state index in [0.29, 0.717) is 12.5 Å². The van der Waals surface area contributed by atoms with Crippen LogP contribution in [-0.2, 0) is 4.79 Å². The Morgan fingerprint density at radius 2 is 1.90 bits per heavy atom. The first-order valence-corrected chi connectivity index (χ1v) is 10.2. The predicted molar refractivity (Wildman–Crippen MR) is 112 cm³/mol. The summed E-state index contributed by atoms with van der Waals surface area (Å²) >= 11 is 0. The number of aromatic nitrogens is 3. The van der Waals surface area contributed by atoms with Gasteiger partial charge in [-0.05, 0) is 43.5 Å². The summed E-state index contributed by atoms with van der Waals surface area (Å²) in [6.45, 7) is 1.50. The van der Waals surface area contributed by atoms with Crippen molar-refractivity contribution in [3.8, 4) is 11.3 Å². The first-order valence-electron chi connectivity index (χ1n) is 10.2. The molecule has 1 amide bonds. The van der Waals surface area contributed by atoms with Gasteiger partial charge in [0.15, 0.2) is 0 Å². The van der Waals surface area contributed by atoms with E-state index in [2.05, 4.69) is 10.3 Å². The van der Waals surface area contributed by atoms with E-state index in [-0.39, 0.29) is 11.8 Å². The molecule has 1 atom stereocenters. The lowest BCUT2D eigenvalue weighted by molar-refractivity contribution is -0.131. The van der Waals surface area contributed by atoms with Gasteiger partial charge >= 0.3 is 0 Å². The minimum atomic E-state index is 0.158. The number of amides is 1. The van der Waals surface area contributed by atoms with Gasteiger partial charge in [0.1, 0.15) is 11.6 Å². The van der Waals surface area contributed by atoms with Crippen LogP contribution in [0.2, 0.25) is 0 Å². The maximum Gasteiger partial charge on any atom is 0.225 e. The number of nitrogens with one attached hydrogen (secondary N) is 1. The van der Waals surface area contributed by atoms with E-state index in [1.807, 2.05) is 59.6 Å². The summed E-state index contributed by atoms with van der Waals surface area (Å²) in [6, 6.07) is 15.9. The fourth-order valence-electron chi connectivity index (χ4n) is 3.80. The number of likely N-dealkylation sites (tertiary alicyclic amines) is 1. The van der Waals surface area contributed by atoms with Gasteiger partial charge in [0.2, 0.25) is 5.91 Å². The van der Waals surface area contributed by atoms with Crippen LogP contribution in [0.3, 0.4) is 0 Å². The molecule has 5 rings (SSSR count). The lowest BCUT2D eigenvalue weighted by Crippen LogP contribution is -2.29. The lowest BCUT2D eigenvalue weighted by atomic mass is 10.1. The number of para-hydroxylation sites is 1. The fourth-order valence-corrected chi connectivity index (χ4v) is 3.80. The molecule has 6 nitrogen and oxygen atoms in total. The molecular formula is C23H23N5O. The van der Waals surface area contributed by atoms with E-state index in [4.69, 9.17) is 9.97 Å². The molecule has 2 aromatic heterocycles.